The Morgan fingerprint density at radius 2 is 1.76 bits per heavy atom. The van der Waals surface area contributed by atoms with Crippen LogP contribution in [0.1, 0.15) is 106 Å². The molecule has 188 valence electrons. The van der Waals surface area contributed by atoms with Gasteiger partial charge in [0.15, 0.2) is 5.78 Å². The average Bonchev–Trinajstić information content (AvgIpc) is 3.04. The molecular weight excluding hydrogens is 424 g/mol. The fourth-order valence-corrected chi connectivity index (χ4v) is 8.97. The summed E-state index contributed by atoms with van der Waals surface area (Å²) in [5.41, 5.74) is 2.44. The highest BCUT2D eigenvalue weighted by Crippen LogP contribution is 2.71. The van der Waals surface area contributed by atoms with Crippen molar-refractivity contribution in [3.63, 3.8) is 0 Å². The van der Waals surface area contributed by atoms with Gasteiger partial charge in [0, 0.05) is 34.8 Å². The minimum Gasteiger partial charge on any atom is -0.478 e. The van der Waals surface area contributed by atoms with E-state index in [1.54, 1.807) is 6.92 Å². The van der Waals surface area contributed by atoms with Crippen LogP contribution in [0.15, 0.2) is 22.8 Å². The highest BCUT2D eigenvalue weighted by Gasteiger charge is 2.65. The first-order valence-corrected chi connectivity index (χ1v) is 13.4. The largest absolute Gasteiger partial charge is 0.478 e. The van der Waals surface area contributed by atoms with Gasteiger partial charge < -0.3 is 5.11 Å². The molecule has 0 spiro atoms. The van der Waals surface area contributed by atoms with Crippen molar-refractivity contribution in [3.8, 4) is 0 Å². The maximum atomic E-state index is 13.9. The zero-order chi connectivity index (χ0) is 25.3. The van der Waals surface area contributed by atoms with Crippen molar-refractivity contribution in [3.05, 3.63) is 22.8 Å². The molecule has 0 aliphatic heterocycles. The maximum Gasteiger partial charge on any atom is 0.330 e. The van der Waals surface area contributed by atoms with Crippen LogP contribution in [0.25, 0.3) is 0 Å². The van der Waals surface area contributed by atoms with E-state index in [-0.39, 0.29) is 22.2 Å². The lowest BCUT2D eigenvalue weighted by Crippen LogP contribution is -2.56. The van der Waals surface area contributed by atoms with Crippen molar-refractivity contribution in [2.24, 2.45) is 39.4 Å². The Labute approximate surface area is 205 Å². The highest BCUT2D eigenvalue weighted by atomic mass is 16.4. The molecule has 2 fully saturated rings. The Balaban J connectivity index is 1.66. The third kappa shape index (κ3) is 3.41. The SMILES string of the molecule is C/C(=C\CC[C@H](C)[C@@H]1CC[C@]2(C)C3=C(CC[C@@]12C)[C@]1(C)CCC(=O)C(C)(C)[C@H]1CC3=O)C(=O)O. The predicted octanol–water partition coefficient (Wildman–Crippen LogP) is 6.93. The molecule has 0 radical (unpaired) electrons. The third-order valence-electron chi connectivity index (χ3n) is 11.5. The first kappa shape index (κ1) is 25.4. The van der Waals surface area contributed by atoms with Crippen LogP contribution in [0.4, 0.5) is 0 Å². The first-order chi connectivity index (χ1) is 15.7. The van der Waals surface area contributed by atoms with Crippen LogP contribution in [0.2, 0.25) is 0 Å². The number of hydrogen-bond acceptors (Lipinski definition) is 3. The lowest BCUT2D eigenvalue weighted by molar-refractivity contribution is -0.142. The molecule has 0 unspecified atom stereocenters. The molecule has 4 heteroatoms. The molecule has 0 amide bonds. The minimum absolute atomic E-state index is 0.0478. The molecule has 34 heavy (non-hydrogen) atoms. The lowest BCUT2D eigenvalue weighted by atomic mass is 9.43. The zero-order valence-corrected chi connectivity index (χ0v) is 22.3. The van der Waals surface area contributed by atoms with E-state index in [4.69, 9.17) is 5.11 Å². The Hall–Kier alpha value is -1.71. The van der Waals surface area contributed by atoms with Crippen molar-refractivity contribution in [1.29, 1.82) is 0 Å². The van der Waals surface area contributed by atoms with Gasteiger partial charge in [-0.2, -0.15) is 0 Å². The van der Waals surface area contributed by atoms with Crippen LogP contribution >= 0.6 is 0 Å². The molecule has 0 aromatic carbocycles. The summed E-state index contributed by atoms with van der Waals surface area (Å²) in [6.07, 6.45) is 9.91. The number of carbonyl (C=O) groups excluding carboxylic acids is 2. The van der Waals surface area contributed by atoms with Crippen molar-refractivity contribution >= 4 is 17.5 Å². The van der Waals surface area contributed by atoms with Crippen LogP contribution in [-0.2, 0) is 14.4 Å². The van der Waals surface area contributed by atoms with E-state index in [2.05, 4.69) is 41.5 Å². The molecule has 0 saturated heterocycles. The summed E-state index contributed by atoms with van der Waals surface area (Å²) in [6.45, 7) is 15.3. The van der Waals surface area contributed by atoms with Gasteiger partial charge in [-0.15, -0.1) is 0 Å². The lowest BCUT2D eigenvalue weighted by Gasteiger charge is -2.60. The maximum absolute atomic E-state index is 13.9. The van der Waals surface area contributed by atoms with Gasteiger partial charge in [-0.05, 0) is 80.5 Å². The van der Waals surface area contributed by atoms with Gasteiger partial charge in [-0.3, -0.25) is 9.59 Å². The third-order valence-corrected chi connectivity index (χ3v) is 11.5. The average molecular weight is 469 g/mol. The molecule has 1 N–H and O–H groups in total. The molecule has 0 aromatic heterocycles. The summed E-state index contributed by atoms with van der Waals surface area (Å²) in [4.78, 5) is 37.8. The second kappa shape index (κ2) is 8.17. The van der Waals surface area contributed by atoms with Crippen molar-refractivity contribution in [2.75, 3.05) is 0 Å². The Kier molecular flexibility index (Phi) is 6.10. The minimum atomic E-state index is -0.838. The van der Waals surface area contributed by atoms with Gasteiger partial charge in [0.2, 0.25) is 0 Å². The zero-order valence-electron chi connectivity index (χ0n) is 22.3. The number of carbonyl (C=O) groups is 3. The van der Waals surface area contributed by atoms with Crippen LogP contribution in [0.5, 0.6) is 0 Å². The molecule has 4 aliphatic carbocycles. The van der Waals surface area contributed by atoms with Crippen molar-refractivity contribution in [1.82, 2.24) is 0 Å². The van der Waals surface area contributed by atoms with E-state index in [1.807, 2.05) is 6.08 Å². The van der Waals surface area contributed by atoms with Crippen LogP contribution in [0.3, 0.4) is 0 Å². The number of allylic oxidation sites excluding steroid dienone is 3. The second-order valence-corrected chi connectivity index (χ2v) is 13.2. The number of rotatable bonds is 5. The molecule has 2 saturated carbocycles. The van der Waals surface area contributed by atoms with Crippen LogP contribution in [0, 0.1) is 39.4 Å². The van der Waals surface area contributed by atoms with Crippen molar-refractivity contribution < 1.29 is 19.5 Å². The molecule has 0 bridgehead atoms. The molecule has 6 atom stereocenters. The summed E-state index contributed by atoms with van der Waals surface area (Å²) in [6, 6.07) is 0. The van der Waals surface area contributed by atoms with E-state index >= 15 is 0 Å². The van der Waals surface area contributed by atoms with Gasteiger partial charge in [0.05, 0.1) is 0 Å². The molecule has 0 aromatic rings. The first-order valence-electron chi connectivity index (χ1n) is 13.4. The number of Topliss-reactive ketones (excluding diaryl/α,β-unsaturated/α-hetero) is 2. The number of ketones is 2. The summed E-state index contributed by atoms with van der Waals surface area (Å²) in [5, 5.41) is 9.15. The molecule has 4 rings (SSSR count). The second-order valence-electron chi connectivity index (χ2n) is 13.2. The Bertz CT molecular complexity index is 984. The smallest absolute Gasteiger partial charge is 0.330 e. The van der Waals surface area contributed by atoms with Gasteiger partial charge in [0.25, 0.3) is 0 Å². The summed E-state index contributed by atoms with van der Waals surface area (Å²) in [7, 11) is 0. The molecule has 4 nitrogen and oxygen atoms in total. The van der Waals surface area contributed by atoms with Crippen molar-refractivity contribution in [2.45, 2.75) is 106 Å². The quantitative estimate of drug-likeness (QED) is 0.444. The molecular formula is C30H44O4. The van der Waals surface area contributed by atoms with Gasteiger partial charge in [0.1, 0.15) is 5.78 Å². The van der Waals surface area contributed by atoms with Crippen LogP contribution < -0.4 is 0 Å². The number of fused-ring (bicyclic) bond motifs is 4. The predicted molar refractivity (Wildman–Crippen MR) is 134 cm³/mol. The highest BCUT2D eigenvalue weighted by molar-refractivity contribution is 6.00. The fourth-order valence-electron chi connectivity index (χ4n) is 8.97. The summed E-state index contributed by atoms with van der Waals surface area (Å²) in [5.74, 6) is 0.923. The van der Waals surface area contributed by atoms with E-state index < -0.39 is 11.4 Å². The Morgan fingerprint density at radius 1 is 1.09 bits per heavy atom. The number of carboxylic acid groups (broad SMARTS) is 1. The van der Waals surface area contributed by atoms with E-state index in [0.717, 1.165) is 50.5 Å². The summed E-state index contributed by atoms with van der Waals surface area (Å²) >= 11 is 0. The number of hydrogen-bond donors (Lipinski definition) is 1. The molecule has 4 aliphatic rings. The molecule has 0 heterocycles. The number of aliphatic carboxylic acids is 1. The van der Waals surface area contributed by atoms with E-state index in [0.29, 0.717) is 41.8 Å². The monoisotopic (exact) mass is 468 g/mol. The van der Waals surface area contributed by atoms with Gasteiger partial charge >= 0.3 is 5.97 Å². The van der Waals surface area contributed by atoms with E-state index in [1.165, 1.54) is 5.57 Å². The normalized spacial score (nSPS) is 40.5. The fraction of sp³-hybridized carbons (Fsp3) is 0.767. The summed E-state index contributed by atoms with van der Waals surface area (Å²) < 4.78 is 0. The number of carboxylic acids is 1. The standard InChI is InChI=1S/C30H44O4/c1-18(9-8-10-19(2)26(33)34)20-11-16-30(7)25-21(12-15-29(20,30)6)28(5)14-13-24(32)27(3,4)23(28)17-22(25)31/h10,18,20,23H,8-9,11-17H2,1-7H3,(H,33,34)/b19-10+/t18-,20-,23+,28-,29-,30+/m0/s1. The van der Waals surface area contributed by atoms with Crippen LogP contribution in [-0.4, -0.2) is 22.6 Å². The van der Waals surface area contributed by atoms with E-state index in [9.17, 15) is 14.4 Å². The van der Waals surface area contributed by atoms with Gasteiger partial charge in [-0.1, -0.05) is 53.2 Å². The topological polar surface area (TPSA) is 71.4 Å². The Morgan fingerprint density at radius 3 is 2.41 bits per heavy atom. The van der Waals surface area contributed by atoms with Gasteiger partial charge in [-0.25, -0.2) is 4.79 Å².